The zero-order valence-corrected chi connectivity index (χ0v) is 35.0. The van der Waals surface area contributed by atoms with Crippen LogP contribution >= 0.6 is 0 Å². The average Bonchev–Trinajstić information content (AvgIpc) is 3.08. The van der Waals surface area contributed by atoms with Crippen molar-refractivity contribution in [3.63, 3.8) is 0 Å². The van der Waals surface area contributed by atoms with Gasteiger partial charge < -0.3 is 51.1 Å². The van der Waals surface area contributed by atoms with Gasteiger partial charge in [-0.2, -0.15) is 0 Å². The second-order valence-electron chi connectivity index (χ2n) is 16.2. The maximum absolute atomic E-state index is 8.83. The van der Waals surface area contributed by atoms with Gasteiger partial charge in [0.05, 0.1) is 0 Å². The van der Waals surface area contributed by atoms with Crippen molar-refractivity contribution in [1.82, 2.24) is 0 Å². The molecular weight excluding hydrogens is 640 g/mol. The van der Waals surface area contributed by atoms with Crippen LogP contribution in [0, 0.1) is 64.1 Å². The quantitative estimate of drug-likeness (QED) is 0.0768. The molecule has 0 rings (SSSR count). The van der Waals surface area contributed by atoms with E-state index in [1.807, 2.05) is 0 Å². The summed E-state index contributed by atoms with van der Waals surface area (Å²) >= 11 is 0. The number of rotatable bonds is 21. The predicted molar refractivity (Wildman–Crippen MR) is 209 cm³/mol. The fourth-order valence-electron chi connectivity index (χ4n) is 5.25. The topological polar surface area (TPSA) is 202 Å². The Labute approximate surface area is 309 Å². The minimum absolute atomic E-state index is 0.0255. The van der Waals surface area contributed by atoms with E-state index in [0.717, 1.165) is 38.5 Å². The van der Waals surface area contributed by atoms with Crippen LogP contribution in [0.4, 0.5) is 0 Å². The van der Waals surface area contributed by atoms with Crippen molar-refractivity contribution in [3.8, 4) is 0 Å². The van der Waals surface area contributed by atoms with Crippen molar-refractivity contribution < 1.29 is 51.1 Å². The lowest BCUT2D eigenvalue weighted by Crippen LogP contribution is -2.29. The molecule has 0 bridgehead atoms. The highest BCUT2D eigenvalue weighted by Gasteiger charge is 2.26. The van der Waals surface area contributed by atoms with Crippen molar-refractivity contribution in [2.45, 2.75) is 129 Å². The Kier molecular flexibility index (Phi) is 43.5. The van der Waals surface area contributed by atoms with Crippen LogP contribution in [0.25, 0.3) is 0 Å². The summed E-state index contributed by atoms with van der Waals surface area (Å²) in [5.41, 5.74) is 0.264. The molecule has 0 saturated carbocycles. The first kappa shape index (κ1) is 58.9. The van der Waals surface area contributed by atoms with Gasteiger partial charge in [-0.3, -0.25) is 0 Å². The molecule has 0 aromatic heterocycles. The summed E-state index contributed by atoms with van der Waals surface area (Å²) in [4.78, 5) is 0. The lowest BCUT2D eigenvalue weighted by Gasteiger charge is -2.30. The van der Waals surface area contributed by atoms with E-state index in [-0.39, 0.29) is 106 Å². The number of hydrogen-bond donors (Lipinski definition) is 10. The standard InChI is InChI=1S/5C8H18O2/c1-8(2,3)4-7(5-9)6-10;1-6(2)7(3)8(4-9)5-10;1-4-8(2,3)7(5-9)6-10;1-3-4-7(2)8(5-9)6-10;1-3-7(4-2)8(5-9)6-10/h7,9-10H,4-6H2,1-3H3;6-10H,4-5H2,1-3H3;7,9-10H,4-6H2,1-3H3;2*7-10H,3-6H2,1-2H3. The molecule has 0 fully saturated rings. The lowest BCUT2D eigenvalue weighted by atomic mass is 9.77. The molecule has 0 radical (unpaired) electrons. The van der Waals surface area contributed by atoms with Gasteiger partial charge in [0.15, 0.2) is 0 Å². The summed E-state index contributed by atoms with van der Waals surface area (Å²) < 4.78 is 0. The first-order valence-corrected chi connectivity index (χ1v) is 19.3. The third kappa shape index (κ3) is 32.3. The van der Waals surface area contributed by atoms with Crippen LogP contribution < -0.4 is 0 Å². The minimum atomic E-state index is 0.0255. The van der Waals surface area contributed by atoms with Crippen LogP contribution in [0.1, 0.15) is 129 Å². The largest absolute Gasteiger partial charge is 0.396 e. The Bertz CT molecular complexity index is 609. The summed E-state index contributed by atoms with van der Waals surface area (Å²) in [6.07, 6.45) is 6.16. The second kappa shape index (κ2) is 36.9. The predicted octanol–water partition coefficient (Wildman–Crippen LogP) is 4.97. The fourth-order valence-corrected chi connectivity index (χ4v) is 5.25. The summed E-state index contributed by atoms with van der Waals surface area (Å²) in [5, 5.41) is 87.8. The third-order valence-electron chi connectivity index (χ3n) is 10.3. The molecule has 0 amide bonds. The summed E-state index contributed by atoms with van der Waals surface area (Å²) in [6, 6.07) is 0. The molecule has 2 unspecified atom stereocenters. The molecule has 0 aliphatic heterocycles. The van der Waals surface area contributed by atoms with Crippen molar-refractivity contribution in [3.05, 3.63) is 0 Å². The van der Waals surface area contributed by atoms with Crippen LogP contribution in [0.3, 0.4) is 0 Å². The summed E-state index contributed by atoms with van der Waals surface area (Å²) in [7, 11) is 0. The van der Waals surface area contributed by atoms with Gasteiger partial charge >= 0.3 is 0 Å². The molecule has 0 heterocycles. The highest BCUT2D eigenvalue weighted by molar-refractivity contribution is 4.75. The van der Waals surface area contributed by atoms with Gasteiger partial charge in [-0.25, -0.2) is 0 Å². The Morgan fingerprint density at radius 1 is 0.460 bits per heavy atom. The van der Waals surface area contributed by atoms with E-state index in [9.17, 15) is 0 Å². The molecule has 0 saturated heterocycles. The number of hydrogen-bond acceptors (Lipinski definition) is 10. The molecule has 0 aliphatic carbocycles. The van der Waals surface area contributed by atoms with Gasteiger partial charge in [0.2, 0.25) is 0 Å². The van der Waals surface area contributed by atoms with Crippen molar-refractivity contribution in [2.24, 2.45) is 64.1 Å². The molecule has 0 aromatic carbocycles. The van der Waals surface area contributed by atoms with Gasteiger partial charge in [-0.1, -0.05) is 122 Å². The molecule has 310 valence electrons. The van der Waals surface area contributed by atoms with Gasteiger partial charge in [0, 0.05) is 95.7 Å². The molecule has 10 heteroatoms. The Morgan fingerprint density at radius 3 is 0.980 bits per heavy atom. The van der Waals surface area contributed by atoms with Crippen molar-refractivity contribution in [1.29, 1.82) is 0 Å². The summed E-state index contributed by atoms with van der Waals surface area (Å²) in [6.45, 7) is 28.1. The van der Waals surface area contributed by atoms with E-state index in [1.54, 1.807) is 0 Å². The SMILES string of the molecule is CC(C)(C)CC(CO)CO.CC(C)C(C)C(CO)CO.CCC(C)(C)C(CO)CO.CCC(CC)C(CO)CO.CCCC(C)C(CO)CO. The molecule has 2 atom stereocenters. The van der Waals surface area contributed by atoms with E-state index in [1.165, 1.54) is 0 Å². The van der Waals surface area contributed by atoms with Crippen LogP contribution in [-0.2, 0) is 0 Å². The van der Waals surface area contributed by atoms with E-state index in [0.29, 0.717) is 23.7 Å². The number of aliphatic hydroxyl groups is 10. The Hall–Kier alpha value is -0.400. The van der Waals surface area contributed by atoms with E-state index in [2.05, 4.69) is 90.0 Å². The monoisotopic (exact) mass is 731 g/mol. The third-order valence-corrected chi connectivity index (χ3v) is 10.3. The van der Waals surface area contributed by atoms with E-state index < -0.39 is 0 Å². The molecule has 10 nitrogen and oxygen atoms in total. The molecule has 0 aromatic rings. The van der Waals surface area contributed by atoms with Gasteiger partial charge in [-0.05, 0) is 40.9 Å². The fraction of sp³-hybridized carbons (Fsp3) is 1.00. The highest BCUT2D eigenvalue weighted by Crippen LogP contribution is 2.29. The van der Waals surface area contributed by atoms with Crippen LogP contribution in [-0.4, -0.2) is 117 Å². The molecule has 10 N–H and O–H groups in total. The van der Waals surface area contributed by atoms with E-state index in [4.69, 9.17) is 51.1 Å². The lowest BCUT2D eigenvalue weighted by molar-refractivity contribution is 0.0588. The zero-order valence-electron chi connectivity index (χ0n) is 35.0. The minimum Gasteiger partial charge on any atom is -0.396 e. The smallest absolute Gasteiger partial charge is 0.0486 e. The molecule has 0 spiro atoms. The van der Waals surface area contributed by atoms with E-state index >= 15 is 0 Å². The first-order chi connectivity index (χ1) is 23.3. The number of aliphatic hydroxyl groups excluding tert-OH is 10. The zero-order chi connectivity index (χ0) is 40.5. The molecule has 0 aliphatic rings. The van der Waals surface area contributed by atoms with Crippen molar-refractivity contribution in [2.75, 3.05) is 66.1 Å². The maximum atomic E-state index is 8.83. The van der Waals surface area contributed by atoms with Crippen LogP contribution in [0.5, 0.6) is 0 Å². The second-order valence-corrected chi connectivity index (χ2v) is 16.2. The normalized spacial score (nSPS) is 13.1. The summed E-state index contributed by atoms with van der Waals surface area (Å²) in [5.74, 6) is 2.17. The highest BCUT2D eigenvalue weighted by atomic mass is 16.3. The molecule has 50 heavy (non-hydrogen) atoms. The van der Waals surface area contributed by atoms with Crippen molar-refractivity contribution >= 4 is 0 Å². The maximum Gasteiger partial charge on any atom is 0.0486 e. The van der Waals surface area contributed by atoms with Gasteiger partial charge in [0.25, 0.3) is 0 Å². The molecular formula is C40H90O10. The Morgan fingerprint density at radius 2 is 0.840 bits per heavy atom. The van der Waals surface area contributed by atoms with Crippen LogP contribution in [0.2, 0.25) is 0 Å². The Balaban J connectivity index is -0.000000169. The van der Waals surface area contributed by atoms with Gasteiger partial charge in [0.1, 0.15) is 0 Å². The van der Waals surface area contributed by atoms with Gasteiger partial charge in [-0.15, -0.1) is 0 Å². The first-order valence-electron chi connectivity index (χ1n) is 19.3. The van der Waals surface area contributed by atoms with Crippen LogP contribution in [0.15, 0.2) is 0 Å². The average molecular weight is 731 g/mol.